The summed E-state index contributed by atoms with van der Waals surface area (Å²) < 4.78 is 42.2. The first-order valence-corrected chi connectivity index (χ1v) is 10.8. The topological polar surface area (TPSA) is 90.1 Å². The molecule has 34 heavy (non-hydrogen) atoms. The Hall–Kier alpha value is -3.66. The van der Waals surface area contributed by atoms with Gasteiger partial charge in [-0.3, -0.25) is 14.6 Å². The number of H-pyrrole nitrogens is 1. The van der Waals surface area contributed by atoms with Crippen LogP contribution in [0, 0.1) is 12.7 Å². The molecule has 1 fully saturated rings. The summed E-state index contributed by atoms with van der Waals surface area (Å²) in [5.74, 6) is -1.34. The molecular weight excluding hydrogens is 447 g/mol. The Morgan fingerprint density at radius 2 is 2.06 bits per heavy atom. The Morgan fingerprint density at radius 1 is 1.26 bits per heavy atom. The number of alkyl halides is 2. The van der Waals surface area contributed by atoms with Crippen molar-refractivity contribution in [2.45, 2.75) is 26.3 Å². The first kappa shape index (κ1) is 23.5. The molecule has 0 unspecified atom stereocenters. The van der Waals surface area contributed by atoms with E-state index in [-0.39, 0.29) is 22.9 Å². The van der Waals surface area contributed by atoms with Gasteiger partial charge in [0.15, 0.2) is 0 Å². The molecule has 0 spiro atoms. The Balaban J connectivity index is 1.78. The second kappa shape index (κ2) is 9.68. The van der Waals surface area contributed by atoms with Crippen molar-refractivity contribution in [3.63, 3.8) is 0 Å². The van der Waals surface area contributed by atoms with E-state index >= 15 is 4.39 Å². The molecule has 3 aromatic rings. The van der Waals surface area contributed by atoms with E-state index in [0.717, 1.165) is 11.9 Å². The minimum atomic E-state index is -3.01. The van der Waals surface area contributed by atoms with Gasteiger partial charge in [0.1, 0.15) is 5.82 Å². The number of anilines is 2. The van der Waals surface area contributed by atoms with Gasteiger partial charge in [-0.2, -0.15) is 0 Å². The van der Waals surface area contributed by atoms with Crippen LogP contribution in [-0.4, -0.2) is 41.6 Å². The number of aromatic nitrogens is 2. The van der Waals surface area contributed by atoms with Gasteiger partial charge in [0.2, 0.25) is 5.56 Å². The van der Waals surface area contributed by atoms with Crippen LogP contribution in [0.5, 0.6) is 0 Å². The third-order valence-electron chi connectivity index (χ3n) is 5.70. The standard InChI is InChI=1S/C24H24F3N5O2/c1-13-3-4-15(10-29-13)16-7-20(21(9-19(16)25)32-6-5-28-14(2)12-32)31-24(34)18-11-30-22(33)8-17(18)23(26)27/h3-4,7-11,14,23,28H,5-6,12H2,1-2H3,(H,30,33)(H,31,34)/t14-/m0/s1. The summed E-state index contributed by atoms with van der Waals surface area (Å²) in [5.41, 5.74) is 0.413. The first-order valence-electron chi connectivity index (χ1n) is 10.8. The monoisotopic (exact) mass is 471 g/mol. The summed E-state index contributed by atoms with van der Waals surface area (Å²) in [4.78, 5) is 32.9. The van der Waals surface area contributed by atoms with Crippen molar-refractivity contribution in [1.82, 2.24) is 15.3 Å². The summed E-state index contributed by atoms with van der Waals surface area (Å²) in [6, 6.07) is 7.11. The molecule has 7 nitrogen and oxygen atoms in total. The molecule has 0 saturated carbocycles. The Bertz CT molecular complexity index is 1260. The highest BCUT2D eigenvalue weighted by Gasteiger charge is 2.24. The fourth-order valence-corrected chi connectivity index (χ4v) is 3.98. The SMILES string of the molecule is Cc1ccc(-c2cc(NC(=O)c3c[nH]c(=O)cc3C(F)F)c(N3CCN[C@@H](C)C3)cc2F)cn1. The third kappa shape index (κ3) is 4.96. The fraction of sp³-hybridized carbons (Fsp3) is 0.292. The maximum Gasteiger partial charge on any atom is 0.264 e. The van der Waals surface area contributed by atoms with Crippen LogP contribution in [0.3, 0.4) is 0 Å². The van der Waals surface area contributed by atoms with Crippen molar-refractivity contribution in [3.8, 4) is 11.1 Å². The molecule has 1 aliphatic heterocycles. The van der Waals surface area contributed by atoms with Crippen molar-refractivity contribution in [2.24, 2.45) is 0 Å². The Kier molecular flexibility index (Phi) is 6.69. The lowest BCUT2D eigenvalue weighted by molar-refractivity contribution is 0.101. The van der Waals surface area contributed by atoms with Gasteiger partial charge < -0.3 is 20.5 Å². The zero-order valence-corrected chi connectivity index (χ0v) is 18.7. The van der Waals surface area contributed by atoms with Gasteiger partial charge in [-0.25, -0.2) is 13.2 Å². The molecule has 1 amide bonds. The molecule has 178 valence electrons. The lowest BCUT2D eigenvalue weighted by Crippen LogP contribution is -2.49. The number of hydrogen-bond donors (Lipinski definition) is 3. The van der Waals surface area contributed by atoms with E-state index < -0.39 is 29.3 Å². The van der Waals surface area contributed by atoms with E-state index in [2.05, 4.69) is 20.6 Å². The quantitative estimate of drug-likeness (QED) is 0.526. The van der Waals surface area contributed by atoms with E-state index in [0.29, 0.717) is 37.0 Å². The van der Waals surface area contributed by atoms with Crippen LogP contribution in [0.25, 0.3) is 11.1 Å². The summed E-state index contributed by atoms with van der Waals surface area (Å²) in [7, 11) is 0. The van der Waals surface area contributed by atoms with Crippen molar-refractivity contribution in [3.05, 3.63) is 75.7 Å². The zero-order chi connectivity index (χ0) is 24.4. The molecule has 0 radical (unpaired) electrons. The maximum absolute atomic E-state index is 15.2. The van der Waals surface area contributed by atoms with Gasteiger partial charge in [0.25, 0.3) is 12.3 Å². The van der Waals surface area contributed by atoms with E-state index in [1.807, 2.05) is 18.7 Å². The van der Waals surface area contributed by atoms with E-state index in [1.54, 1.807) is 12.1 Å². The molecule has 0 aliphatic carbocycles. The molecule has 1 aromatic carbocycles. The number of aryl methyl sites for hydroxylation is 1. The molecule has 3 heterocycles. The van der Waals surface area contributed by atoms with Gasteiger partial charge in [0, 0.05) is 66.5 Å². The average molecular weight is 471 g/mol. The number of aromatic amines is 1. The highest BCUT2D eigenvalue weighted by atomic mass is 19.3. The minimum absolute atomic E-state index is 0.131. The van der Waals surface area contributed by atoms with Crippen LogP contribution in [0.1, 0.15) is 35.0 Å². The number of rotatable bonds is 5. The van der Waals surface area contributed by atoms with E-state index in [9.17, 15) is 18.4 Å². The van der Waals surface area contributed by atoms with Gasteiger partial charge in [-0.05, 0) is 32.0 Å². The molecule has 1 aliphatic rings. The predicted molar refractivity (Wildman–Crippen MR) is 124 cm³/mol. The number of carbonyl (C=O) groups excluding carboxylic acids is 1. The lowest BCUT2D eigenvalue weighted by Gasteiger charge is -2.35. The third-order valence-corrected chi connectivity index (χ3v) is 5.70. The molecule has 1 atom stereocenters. The normalized spacial score (nSPS) is 16.1. The van der Waals surface area contributed by atoms with Gasteiger partial charge >= 0.3 is 0 Å². The van der Waals surface area contributed by atoms with Crippen LogP contribution >= 0.6 is 0 Å². The number of amides is 1. The zero-order valence-electron chi connectivity index (χ0n) is 18.7. The number of halogens is 3. The second-order valence-corrected chi connectivity index (χ2v) is 8.26. The molecule has 1 saturated heterocycles. The molecule has 0 bridgehead atoms. The largest absolute Gasteiger partial charge is 0.367 e. The average Bonchev–Trinajstić information content (AvgIpc) is 2.80. The number of hydrogen-bond acceptors (Lipinski definition) is 5. The van der Waals surface area contributed by atoms with Crippen LogP contribution in [-0.2, 0) is 0 Å². The molecule has 4 rings (SSSR count). The van der Waals surface area contributed by atoms with E-state index in [4.69, 9.17) is 0 Å². The highest BCUT2D eigenvalue weighted by Crippen LogP contribution is 2.35. The lowest BCUT2D eigenvalue weighted by atomic mass is 10.0. The molecule has 2 aromatic heterocycles. The summed E-state index contributed by atoms with van der Waals surface area (Å²) >= 11 is 0. The Labute approximate surface area is 194 Å². The first-order chi connectivity index (χ1) is 16.2. The maximum atomic E-state index is 15.2. The highest BCUT2D eigenvalue weighted by molar-refractivity contribution is 6.07. The van der Waals surface area contributed by atoms with Crippen LogP contribution in [0.15, 0.2) is 47.5 Å². The summed E-state index contributed by atoms with van der Waals surface area (Å²) in [5, 5.41) is 5.96. The number of nitrogens with zero attached hydrogens (tertiary/aromatic N) is 2. The summed E-state index contributed by atoms with van der Waals surface area (Å²) in [6.45, 7) is 5.59. The molecule has 10 heteroatoms. The van der Waals surface area contributed by atoms with E-state index in [1.165, 1.54) is 18.3 Å². The fourth-order valence-electron chi connectivity index (χ4n) is 3.98. The second-order valence-electron chi connectivity index (χ2n) is 8.26. The predicted octanol–water partition coefficient (Wildman–Crippen LogP) is 3.87. The molecular formula is C24H24F3N5O2. The Morgan fingerprint density at radius 3 is 2.74 bits per heavy atom. The smallest absolute Gasteiger partial charge is 0.264 e. The van der Waals surface area contributed by atoms with Crippen LogP contribution in [0.4, 0.5) is 24.5 Å². The number of benzene rings is 1. The van der Waals surface area contributed by atoms with Crippen LogP contribution < -0.4 is 21.1 Å². The van der Waals surface area contributed by atoms with Crippen molar-refractivity contribution >= 4 is 17.3 Å². The summed E-state index contributed by atoms with van der Waals surface area (Å²) in [6.07, 6.45) is -0.526. The number of nitrogens with one attached hydrogen (secondary N) is 3. The van der Waals surface area contributed by atoms with Crippen molar-refractivity contribution in [2.75, 3.05) is 29.9 Å². The number of carbonyl (C=O) groups is 1. The van der Waals surface area contributed by atoms with Gasteiger partial charge in [-0.1, -0.05) is 6.07 Å². The minimum Gasteiger partial charge on any atom is -0.367 e. The van der Waals surface area contributed by atoms with Crippen LogP contribution in [0.2, 0.25) is 0 Å². The van der Waals surface area contributed by atoms with Gasteiger partial charge in [0.05, 0.1) is 16.9 Å². The number of piperazine rings is 1. The number of pyridine rings is 2. The van der Waals surface area contributed by atoms with Crippen molar-refractivity contribution < 1.29 is 18.0 Å². The van der Waals surface area contributed by atoms with Crippen molar-refractivity contribution in [1.29, 1.82) is 0 Å². The molecule has 3 N–H and O–H groups in total. The van der Waals surface area contributed by atoms with Gasteiger partial charge in [-0.15, -0.1) is 0 Å².